The number of methoxy groups -OCH3 is 1. The lowest BCUT2D eigenvalue weighted by atomic mass is 10.0. The van der Waals surface area contributed by atoms with Gasteiger partial charge in [0.05, 0.1) is 12.4 Å². The molecule has 0 saturated carbocycles. The second-order valence-corrected chi connectivity index (χ2v) is 4.81. The van der Waals surface area contributed by atoms with E-state index in [1.165, 1.54) is 7.11 Å². The Hall–Kier alpha value is -0.910. The van der Waals surface area contributed by atoms with Crippen LogP contribution in [0.1, 0.15) is 11.5 Å². The lowest BCUT2D eigenvalue weighted by Gasteiger charge is -2.14. The third-order valence-electron chi connectivity index (χ3n) is 2.05. The molecule has 0 heterocycles. The Balaban J connectivity index is 2.84. The monoisotopic (exact) mass is 230 g/mol. The maximum atomic E-state index is 10.8. The second-order valence-electron chi connectivity index (χ2n) is 3.31. The maximum absolute atomic E-state index is 10.8. The van der Waals surface area contributed by atoms with Crippen LogP contribution in [0.4, 0.5) is 0 Å². The SMILES string of the molecule is COCC(CS(=O)(=O)O)c1ccccc1. The van der Waals surface area contributed by atoms with Gasteiger partial charge in [-0.1, -0.05) is 30.3 Å². The molecule has 84 valence electrons. The van der Waals surface area contributed by atoms with Crippen LogP contribution in [0.2, 0.25) is 0 Å². The Morgan fingerprint density at radius 2 is 1.93 bits per heavy atom. The highest BCUT2D eigenvalue weighted by molar-refractivity contribution is 7.85. The van der Waals surface area contributed by atoms with Gasteiger partial charge in [-0.25, -0.2) is 0 Å². The van der Waals surface area contributed by atoms with E-state index in [2.05, 4.69) is 0 Å². The molecule has 5 heteroatoms. The fourth-order valence-corrected chi connectivity index (χ4v) is 2.22. The van der Waals surface area contributed by atoms with Gasteiger partial charge in [-0.15, -0.1) is 0 Å². The first-order valence-corrected chi connectivity index (χ1v) is 6.13. The predicted molar refractivity (Wildman–Crippen MR) is 57.5 cm³/mol. The molecule has 0 aliphatic rings. The van der Waals surface area contributed by atoms with Gasteiger partial charge in [0, 0.05) is 13.0 Å². The largest absolute Gasteiger partial charge is 0.384 e. The van der Waals surface area contributed by atoms with Crippen molar-refractivity contribution < 1.29 is 17.7 Å². The van der Waals surface area contributed by atoms with Crippen LogP contribution in [0.25, 0.3) is 0 Å². The van der Waals surface area contributed by atoms with E-state index in [9.17, 15) is 8.42 Å². The minimum Gasteiger partial charge on any atom is -0.384 e. The van der Waals surface area contributed by atoms with Crippen molar-refractivity contribution in [3.63, 3.8) is 0 Å². The summed E-state index contributed by atoms with van der Waals surface area (Å²) in [6, 6.07) is 9.12. The molecule has 0 aromatic heterocycles. The van der Waals surface area contributed by atoms with Gasteiger partial charge in [-0.05, 0) is 5.56 Å². The molecule has 0 aliphatic carbocycles. The van der Waals surface area contributed by atoms with Gasteiger partial charge in [0.1, 0.15) is 0 Å². The molecule has 0 aliphatic heterocycles. The van der Waals surface area contributed by atoms with E-state index in [-0.39, 0.29) is 18.3 Å². The van der Waals surface area contributed by atoms with Crippen molar-refractivity contribution in [2.24, 2.45) is 0 Å². The molecule has 1 rings (SSSR count). The molecular weight excluding hydrogens is 216 g/mol. The summed E-state index contributed by atoms with van der Waals surface area (Å²) in [6.07, 6.45) is 0. The van der Waals surface area contributed by atoms with E-state index in [0.717, 1.165) is 5.56 Å². The van der Waals surface area contributed by atoms with Crippen LogP contribution in [0.15, 0.2) is 30.3 Å². The molecule has 0 saturated heterocycles. The summed E-state index contributed by atoms with van der Waals surface area (Å²) in [6.45, 7) is 0.268. The first-order valence-electron chi connectivity index (χ1n) is 4.52. The van der Waals surface area contributed by atoms with Gasteiger partial charge >= 0.3 is 0 Å². The Kier molecular flexibility index (Phi) is 4.26. The van der Waals surface area contributed by atoms with Crippen molar-refractivity contribution in [2.75, 3.05) is 19.5 Å². The molecule has 1 aromatic rings. The molecule has 4 nitrogen and oxygen atoms in total. The van der Waals surface area contributed by atoms with Crippen molar-refractivity contribution in [1.29, 1.82) is 0 Å². The summed E-state index contributed by atoms with van der Waals surface area (Å²) in [5.74, 6) is -0.642. The van der Waals surface area contributed by atoms with Gasteiger partial charge in [0.15, 0.2) is 0 Å². The van der Waals surface area contributed by atoms with Crippen molar-refractivity contribution in [3.05, 3.63) is 35.9 Å². The molecule has 0 radical (unpaired) electrons. The molecular formula is C10H14O4S. The first kappa shape index (κ1) is 12.2. The van der Waals surface area contributed by atoms with Crippen LogP contribution in [0.3, 0.4) is 0 Å². The zero-order valence-electron chi connectivity index (χ0n) is 8.46. The highest BCUT2D eigenvalue weighted by Gasteiger charge is 2.18. The molecule has 0 bridgehead atoms. The molecule has 15 heavy (non-hydrogen) atoms. The summed E-state index contributed by atoms with van der Waals surface area (Å²) in [5.41, 5.74) is 0.844. The fourth-order valence-electron chi connectivity index (χ4n) is 1.42. The van der Waals surface area contributed by atoms with E-state index in [1.54, 1.807) is 0 Å². The molecule has 0 amide bonds. The third-order valence-corrected chi connectivity index (χ3v) is 2.87. The minimum atomic E-state index is -3.97. The van der Waals surface area contributed by atoms with Gasteiger partial charge in [-0.3, -0.25) is 4.55 Å². The number of benzene rings is 1. The van der Waals surface area contributed by atoms with Gasteiger partial charge < -0.3 is 4.74 Å². The highest BCUT2D eigenvalue weighted by Crippen LogP contribution is 2.17. The summed E-state index contributed by atoms with van der Waals surface area (Å²) in [4.78, 5) is 0. The molecule has 0 spiro atoms. The highest BCUT2D eigenvalue weighted by atomic mass is 32.2. The lowest BCUT2D eigenvalue weighted by Crippen LogP contribution is -2.17. The van der Waals surface area contributed by atoms with Crippen LogP contribution >= 0.6 is 0 Å². The summed E-state index contributed by atoms with van der Waals surface area (Å²) < 4.78 is 35.3. The normalized spacial score (nSPS) is 13.7. The van der Waals surface area contributed by atoms with Crippen molar-refractivity contribution in [1.82, 2.24) is 0 Å². The van der Waals surface area contributed by atoms with Gasteiger partial charge in [-0.2, -0.15) is 8.42 Å². The van der Waals surface area contributed by atoms with Crippen LogP contribution in [-0.2, 0) is 14.9 Å². The average molecular weight is 230 g/mol. The van der Waals surface area contributed by atoms with Gasteiger partial charge in [0.2, 0.25) is 0 Å². The maximum Gasteiger partial charge on any atom is 0.265 e. The van der Waals surface area contributed by atoms with Crippen LogP contribution < -0.4 is 0 Å². The quantitative estimate of drug-likeness (QED) is 0.774. The van der Waals surface area contributed by atoms with E-state index in [4.69, 9.17) is 9.29 Å². The fraction of sp³-hybridized carbons (Fsp3) is 0.400. The van der Waals surface area contributed by atoms with Crippen molar-refractivity contribution in [2.45, 2.75) is 5.92 Å². The summed E-state index contributed by atoms with van der Waals surface area (Å²) in [7, 11) is -2.47. The first-order chi connectivity index (χ1) is 7.03. The molecule has 1 N–H and O–H groups in total. The van der Waals surface area contributed by atoms with E-state index < -0.39 is 10.1 Å². The van der Waals surface area contributed by atoms with Crippen LogP contribution in [0.5, 0.6) is 0 Å². The predicted octanol–water partition coefficient (Wildman–Crippen LogP) is 1.30. The number of hydrogen-bond donors (Lipinski definition) is 1. The zero-order chi connectivity index (χ0) is 11.3. The molecule has 1 unspecified atom stereocenters. The smallest absolute Gasteiger partial charge is 0.265 e. The Morgan fingerprint density at radius 3 is 2.40 bits per heavy atom. The summed E-state index contributed by atoms with van der Waals surface area (Å²) >= 11 is 0. The lowest BCUT2D eigenvalue weighted by molar-refractivity contribution is 0.184. The average Bonchev–Trinajstić information content (AvgIpc) is 2.17. The molecule has 1 atom stereocenters. The molecule has 1 aromatic carbocycles. The topological polar surface area (TPSA) is 63.6 Å². The van der Waals surface area contributed by atoms with Gasteiger partial charge in [0.25, 0.3) is 10.1 Å². The third kappa shape index (κ3) is 4.42. The number of hydrogen-bond acceptors (Lipinski definition) is 3. The number of rotatable bonds is 5. The Labute approximate surface area is 89.6 Å². The zero-order valence-corrected chi connectivity index (χ0v) is 9.28. The standard InChI is InChI=1S/C10H14O4S/c1-14-7-10(8-15(11,12)13)9-5-3-2-4-6-9/h2-6,10H,7-8H2,1H3,(H,11,12,13). The van der Waals surface area contributed by atoms with Crippen LogP contribution in [-0.4, -0.2) is 32.4 Å². The van der Waals surface area contributed by atoms with Crippen LogP contribution in [0, 0.1) is 0 Å². The second kappa shape index (κ2) is 5.25. The summed E-state index contributed by atoms with van der Waals surface area (Å²) in [5, 5.41) is 0. The Morgan fingerprint density at radius 1 is 1.33 bits per heavy atom. The van der Waals surface area contributed by atoms with E-state index >= 15 is 0 Å². The molecule has 0 fully saturated rings. The van der Waals surface area contributed by atoms with E-state index in [1.807, 2.05) is 30.3 Å². The van der Waals surface area contributed by atoms with Crippen molar-refractivity contribution in [3.8, 4) is 0 Å². The van der Waals surface area contributed by atoms with E-state index in [0.29, 0.717) is 0 Å². The van der Waals surface area contributed by atoms with Crippen molar-refractivity contribution >= 4 is 10.1 Å². The minimum absolute atomic E-state index is 0.268. The Bertz CT molecular complexity index is 385. The number of ether oxygens (including phenoxy) is 1.